The van der Waals surface area contributed by atoms with Crippen LogP contribution in [0, 0.1) is 0 Å². The van der Waals surface area contributed by atoms with Crippen molar-refractivity contribution in [2.24, 2.45) is 0 Å². The number of hydrogen-bond acceptors (Lipinski definition) is 2. The third-order valence-electron chi connectivity index (χ3n) is 2.68. The zero-order valence-electron chi connectivity index (χ0n) is 10.1. The van der Waals surface area contributed by atoms with Crippen LogP contribution in [-0.4, -0.2) is 17.1 Å². The number of aldehydes is 1. The van der Waals surface area contributed by atoms with Gasteiger partial charge in [0.05, 0.1) is 6.26 Å². The van der Waals surface area contributed by atoms with Gasteiger partial charge < -0.3 is 4.55 Å². The molecule has 3 heteroatoms. The summed E-state index contributed by atoms with van der Waals surface area (Å²) in [6.07, 6.45) is 2.53. The molecule has 2 aromatic rings. The number of carbonyl (C=O) groups is 1. The Morgan fingerprint density at radius 3 is 2.44 bits per heavy atom. The van der Waals surface area contributed by atoms with Crippen molar-refractivity contribution < 1.29 is 9.35 Å². The highest BCUT2D eigenvalue weighted by Crippen LogP contribution is 2.21. The van der Waals surface area contributed by atoms with Crippen LogP contribution in [0.3, 0.4) is 0 Å². The molecule has 0 heterocycles. The van der Waals surface area contributed by atoms with Gasteiger partial charge in [-0.1, -0.05) is 53.6 Å². The lowest BCUT2D eigenvalue weighted by Crippen LogP contribution is -2.00. The maximum absolute atomic E-state index is 11.2. The second-order valence-electron chi connectivity index (χ2n) is 4.16. The van der Waals surface area contributed by atoms with Crippen molar-refractivity contribution in [1.29, 1.82) is 0 Å². The first kappa shape index (κ1) is 12.9. The third kappa shape index (κ3) is 3.22. The SMILES string of the molecule is C[S+]([O-])Cc1cccc(-c2ccc(C=O)cc2)c1. The van der Waals surface area contributed by atoms with E-state index in [1.807, 2.05) is 36.4 Å². The van der Waals surface area contributed by atoms with Gasteiger partial charge in [-0.2, -0.15) is 0 Å². The number of hydrogen-bond donors (Lipinski definition) is 0. The Hall–Kier alpha value is -1.58. The summed E-state index contributed by atoms with van der Waals surface area (Å²) in [5.74, 6) is 0.570. The Morgan fingerprint density at radius 2 is 1.83 bits per heavy atom. The highest BCUT2D eigenvalue weighted by molar-refractivity contribution is 7.89. The normalized spacial score (nSPS) is 12.1. The molecular weight excluding hydrogens is 244 g/mol. The number of rotatable bonds is 4. The van der Waals surface area contributed by atoms with Crippen LogP contribution in [0.1, 0.15) is 15.9 Å². The van der Waals surface area contributed by atoms with E-state index in [1.165, 1.54) is 0 Å². The van der Waals surface area contributed by atoms with Gasteiger partial charge in [-0.05, 0) is 17.2 Å². The monoisotopic (exact) mass is 258 g/mol. The summed E-state index contributed by atoms with van der Waals surface area (Å²) in [5.41, 5.74) is 3.87. The largest absolute Gasteiger partial charge is 0.616 e. The average Bonchev–Trinajstić information content (AvgIpc) is 2.38. The molecular formula is C15H14O2S. The molecule has 2 aromatic carbocycles. The molecule has 0 N–H and O–H groups in total. The van der Waals surface area contributed by atoms with Crippen LogP contribution in [-0.2, 0) is 16.9 Å². The summed E-state index contributed by atoms with van der Waals surface area (Å²) < 4.78 is 11.2. The summed E-state index contributed by atoms with van der Waals surface area (Å²) in [6.45, 7) is 0. The second kappa shape index (κ2) is 5.85. The molecule has 0 saturated heterocycles. The summed E-state index contributed by atoms with van der Waals surface area (Å²) in [4.78, 5) is 10.6. The van der Waals surface area contributed by atoms with E-state index in [4.69, 9.17) is 0 Å². The van der Waals surface area contributed by atoms with Crippen LogP contribution in [0.4, 0.5) is 0 Å². The molecule has 2 rings (SSSR count). The van der Waals surface area contributed by atoms with Gasteiger partial charge in [-0.25, -0.2) is 0 Å². The van der Waals surface area contributed by atoms with Crippen LogP contribution < -0.4 is 0 Å². The Kier molecular flexibility index (Phi) is 4.18. The molecule has 1 atom stereocenters. The second-order valence-corrected chi connectivity index (χ2v) is 5.59. The fourth-order valence-electron chi connectivity index (χ4n) is 1.83. The molecule has 0 fully saturated rings. The Labute approximate surface area is 110 Å². The van der Waals surface area contributed by atoms with Gasteiger partial charge in [-0.15, -0.1) is 0 Å². The minimum atomic E-state index is -0.833. The fourth-order valence-corrected chi connectivity index (χ4v) is 2.48. The first-order valence-corrected chi connectivity index (χ1v) is 7.36. The van der Waals surface area contributed by atoms with E-state index in [0.29, 0.717) is 11.3 Å². The predicted octanol–water partition coefficient (Wildman–Crippen LogP) is 3.04. The molecule has 0 radical (unpaired) electrons. The fraction of sp³-hybridized carbons (Fsp3) is 0.133. The van der Waals surface area contributed by atoms with Gasteiger partial charge in [0.15, 0.2) is 0 Å². The van der Waals surface area contributed by atoms with Crippen molar-refractivity contribution in [1.82, 2.24) is 0 Å². The number of carbonyl (C=O) groups excluding carboxylic acids is 1. The molecule has 0 saturated carbocycles. The van der Waals surface area contributed by atoms with E-state index in [2.05, 4.69) is 0 Å². The highest BCUT2D eigenvalue weighted by Gasteiger charge is 2.03. The van der Waals surface area contributed by atoms with Crippen molar-refractivity contribution in [2.75, 3.05) is 6.26 Å². The van der Waals surface area contributed by atoms with E-state index in [-0.39, 0.29) is 0 Å². The zero-order chi connectivity index (χ0) is 13.0. The van der Waals surface area contributed by atoms with Gasteiger partial charge in [0, 0.05) is 11.1 Å². The van der Waals surface area contributed by atoms with Crippen LogP contribution in [0.5, 0.6) is 0 Å². The predicted molar refractivity (Wildman–Crippen MR) is 75.0 cm³/mol. The highest BCUT2D eigenvalue weighted by atomic mass is 32.2. The maximum atomic E-state index is 11.2. The van der Waals surface area contributed by atoms with E-state index < -0.39 is 11.2 Å². The Balaban J connectivity index is 2.29. The van der Waals surface area contributed by atoms with Crippen LogP contribution >= 0.6 is 0 Å². The van der Waals surface area contributed by atoms with E-state index >= 15 is 0 Å². The van der Waals surface area contributed by atoms with Crippen molar-refractivity contribution in [2.45, 2.75) is 5.75 Å². The molecule has 92 valence electrons. The topological polar surface area (TPSA) is 40.1 Å². The smallest absolute Gasteiger partial charge is 0.150 e. The molecule has 0 aliphatic heterocycles. The van der Waals surface area contributed by atoms with Crippen LogP contribution in [0.25, 0.3) is 11.1 Å². The van der Waals surface area contributed by atoms with Crippen molar-refractivity contribution in [3.8, 4) is 11.1 Å². The molecule has 2 nitrogen and oxygen atoms in total. The van der Waals surface area contributed by atoms with Crippen molar-refractivity contribution >= 4 is 17.5 Å². The van der Waals surface area contributed by atoms with Crippen LogP contribution in [0.15, 0.2) is 48.5 Å². The number of benzene rings is 2. The minimum Gasteiger partial charge on any atom is -0.616 e. The van der Waals surface area contributed by atoms with Crippen LogP contribution in [0.2, 0.25) is 0 Å². The minimum absolute atomic E-state index is 0.570. The molecule has 0 amide bonds. The van der Waals surface area contributed by atoms with Gasteiger partial charge >= 0.3 is 0 Å². The molecule has 0 bridgehead atoms. The Bertz CT molecular complexity index is 532. The molecule has 1 unspecified atom stereocenters. The average molecular weight is 258 g/mol. The lowest BCUT2D eigenvalue weighted by atomic mass is 10.0. The maximum Gasteiger partial charge on any atom is 0.150 e. The molecule has 0 aliphatic carbocycles. The van der Waals surface area contributed by atoms with E-state index in [1.54, 1.807) is 18.4 Å². The first-order valence-electron chi connectivity index (χ1n) is 5.63. The Morgan fingerprint density at radius 1 is 1.11 bits per heavy atom. The molecule has 0 spiro atoms. The summed E-state index contributed by atoms with van der Waals surface area (Å²) in [6, 6.07) is 15.4. The first-order chi connectivity index (χ1) is 8.69. The lowest BCUT2D eigenvalue weighted by molar-refractivity contribution is 0.112. The standard InChI is InChI=1S/C15H14O2S/c1-18(17)11-13-3-2-4-15(9-13)14-7-5-12(10-16)6-8-14/h2-10H,11H2,1H3. The van der Waals surface area contributed by atoms with Gasteiger partial charge in [0.25, 0.3) is 0 Å². The van der Waals surface area contributed by atoms with Gasteiger partial charge in [0.2, 0.25) is 0 Å². The summed E-state index contributed by atoms with van der Waals surface area (Å²) in [5, 5.41) is 0. The summed E-state index contributed by atoms with van der Waals surface area (Å²) >= 11 is -0.833. The van der Waals surface area contributed by atoms with Crippen molar-refractivity contribution in [3.63, 3.8) is 0 Å². The third-order valence-corrected chi connectivity index (χ3v) is 3.42. The molecule has 0 aliphatic rings. The van der Waals surface area contributed by atoms with E-state index in [9.17, 15) is 9.35 Å². The lowest BCUT2D eigenvalue weighted by Gasteiger charge is -2.07. The van der Waals surface area contributed by atoms with Gasteiger partial charge in [0.1, 0.15) is 12.0 Å². The van der Waals surface area contributed by atoms with Gasteiger partial charge in [-0.3, -0.25) is 4.79 Å². The zero-order valence-corrected chi connectivity index (χ0v) is 10.9. The summed E-state index contributed by atoms with van der Waals surface area (Å²) in [7, 11) is 0. The molecule has 18 heavy (non-hydrogen) atoms. The van der Waals surface area contributed by atoms with E-state index in [0.717, 1.165) is 23.0 Å². The quantitative estimate of drug-likeness (QED) is 0.624. The molecule has 0 aromatic heterocycles. The van der Waals surface area contributed by atoms with Crippen molar-refractivity contribution in [3.05, 3.63) is 59.7 Å².